The second-order valence-electron chi connectivity index (χ2n) is 8.10. The lowest BCUT2D eigenvalue weighted by atomic mass is 9.77. The normalized spacial score (nSPS) is 21.6. The van der Waals surface area contributed by atoms with E-state index in [-0.39, 0.29) is 5.41 Å². The second kappa shape index (κ2) is 6.39. The lowest BCUT2D eigenvalue weighted by Crippen LogP contribution is -2.54. The summed E-state index contributed by atoms with van der Waals surface area (Å²) in [5.41, 5.74) is 6.81. The van der Waals surface area contributed by atoms with Crippen molar-refractivity contribution in [1.29, 1.82) is 0 Å². The van der Waals surface area contributed by atoms with Gasteiger partial charge in [-0.15, -0.1) is 0 Å². The van der Waals surface area contributed by atoms with Gasteiger partial charge in [-0.1, -0.05) is 62.4 Å². The zero-order chi connectivity index (χ0) is 20.1. The second-order valence-corrected chi connectivity index (χ2v) is 8.10. The van der Waals surface area contributed by atoms with Gasteiger partial charge in [0.15, 0.2) is 5.72 Å². The molecular formula is C25H24N2O2. The average Bonchev–Trinajstić information content (AvgIpc) is 3.27. The number of para-hydroxylation sites is 2. The third-order valence-electron chi connectivity index (χ3n) is 6.11. The van der Waals surface area contributed by atoms with Gasteiger partial charge in [0.1, 0.15) is 11.5 Å². The Labute approximate surface area is 171 Å². The maximum Gasteiger partial charge on any atom is 0.197 e. The lowest BCUT2D eigenvalue weighted by Gasteiger charge is -2.39. The topological polar surface area (TPSA) is 33.7 Å². The van der Waals surface area contributed by atoms with Gasteiger partial charge in [-0.25, -0.2) is 4.84 Å². The third-order valence-corrected chi connectivity index (χ3v) is 6.11. The summed E-state index contributed by atoms with van der Waals surface area (Å²) in [7, 11) is 2.09. The molecule has 1 atom stereocenters. The number of ether oxygens (including phenoxy) is 1. The quantitative estimate of drug-likeness (QED) is 0.648. The number of nitrogens with zero attached hydrogens (tertiary/aromatic N) is 1. The summed E-state index contributed by atoms with van der Waals surface area (Å²) in [6.45, 7) is 4.46. The molecule has 2 aliphatic rings. The summed E-state index contributed by atoms with van der Waals surface area (Å²) < 4.78 is 6.00. The largest absolute Gasteiger partial charge is 0.457 e. The van der Waals surface area contributed by atoms with Crippen molar-refractivity contribution in [2.24, 2.45) is 0 Å². The van der Waals surface area contributed by atoms with Crippen molar-refractivity contribution in [2.45, 2.75) is 25.0 Å². The van der Waals surface area contributed by atoms with Crippen LogP contribution in [-0.4, -0.2) is 12.8 Å². The minimum atomic E-state index is -0.595. The Morgan fingerprint density at radius 3 is 2.38 bits per heavy atom. The molecule has 5 rings (SSSR count). The molecule has 0 amide bonds. The Morgan fingerprint density at radius 2 is 1.59 bits per heavy atom. The minimum Gasteiger partial charge on any atom is -0.457 e. The van der Waals surface area contributed by atoms with E-state index >= 15 is 0 Å². The van der Waals surface area contributed by atoms with Gasteiger partial charge in [0, 0.05) is 23.7 Å². The van der Waals surface area contributed by atoms with Gasteiger partial charge in [0.2, 0.25) is 0 Å². The fourth-order valence-electron chi connectivity index (χ4n) is 4.44. The molecule has 0 unspecified atom stereocenters. The fourth-order valence-corrected chi connectivity index (χ4v) is 4.44. The van der Waals surface area contributed by atoms with E-state index in [9.17, 15) is 0 Å². The number of hydroxylamine groups is 1. The molecule has 29 heavy (non-hydrogen) atoms. The van der Waals surface area contributed by atoms with E-state index in [0.717, 1.165) is 22.8 Å². The first-order chi connectivity index (χ1) is 14.0. The highest BCUT2D eigenvalue weighted by molar-refractivity contribution is 5.74. The zero-order valence-electron chi connectivity index (χ0n) is 16.8. The van der Waals surface area contributed by atoms with Crippen LogP contribution in [0.2, 0.25) is 0 Å². The maximum absolute atomic E-state index is 6.28. The number of rotatable bonds is 3. The van der Waals surface area contributed by atoms with Gasteiger partial charge in [0.05, 0.1) is 5.70 Å². The van der Waals surface area contributed by atoms with Gasteiger partial charge >= 0.3 is 0 Å². The van der Waals surface area contributed by atoms with Crippen LogP contribution in [0.5, 0.6) is 11.5 Å². The highest BCUT2D eigenvalue weighted by Crippen LogP contribution is 2.54. The van der Waals surface area contributed by atoms with Crippen LogP contribution < -0.4 is 15.1 Å². The molecule has 0 saturated carbocycles. The monoisotopic (exact) mass is 384 g/mol. The van der Waals surface area contributed by atoms with Crippen LogP contribution in [0.15, 0.2) is 84.9 Å². The molecule has 0 fully saturated rings. The molecule has 2 aliphatic heterocycles. The number of hydrogen-bond donors (Lipinski definition) is 1. The molecule has 4 heteroatoms. The van der Waals surface area contributed by atoms with Crippen LogP contribution in [-0.2, 0) is 10.3 Å². The van der Waals surface area contributed by atoms with Gasteiger partial charge in [-0.3, -0.25) is 5.48 Å². The first-order valence-corrected chi connectivity index (χ1v) is 9.85. The molecule has 0 aromatic heterocycles. The SMILES string of the molecule is CN1c2ccccc2C(C)(C)[C@@]12C=C(c1cccc(Oc3ccccc3)c1)NO2. The van der Waals surface area contributed by atoms with Crippen LogP contribution >= 0.6 is 0 Å². The van der Waals surface area contributed by atoms with E-state index in [1.807, 2.05) is 48.5 Å². The summed E-state index contributed by atoms with van der Waals surface area (Å²) in [4.78, 5) is 8.49. The summed E-state index contributed by atoms with van der Waals surface area (Å²) in [6.07, 6.45) is 2.19. The molecule has 3 aromatic rings. The molecule has 0 bridgehead atoms. The van der Waals surface area contributed by atoms with E-state index in [4.69, 9.17) is 9.57 Å². The Kier molecular flexibility index (Phi) is 3.93. The van der Waals surface area contributed by atoms with Gasteiger partial charge in [0.25, 0.3) is 0 Å². The lowest BCUT2D eigenvalue weighted by molar-refractivity contribution is -0.0678. The average molecular weight is 384 g/mol. The van der Waals surface area contributed by atoms with Crippen molar-refractivity contribution < 1.29 is 9.57 Å². The van der Waals surface area contributed by atoms with Crippen molar-refractivity contribution in [3.63, 3.8) is 0 Å². The molecule has 2 heterocycles. The van der Waals surface area contributed by atoms with Crippen LogP contribution in [0, 0.1) is 0 Å². The van der Waals surface area contributed by atoms with Crippen molar-refractivity contribution in [3.05, 3.63) is 96.1 Å². The standard InChI is InChI=1S/C25H24N2O2/c1-24(2)21-14-7-8-15-23(21)27(3)25(24)17-22(26-29-25)18-10-9-13-20(16-18)28-19-11-5-4-6-12-19/h4-17,26H,1-3H3/t25-/m0/s1. The predicted octanol–water partition coefficient (Wildman–Crippen LogP) is 5.48. The van der Waals surface area contributed by atoms with Crippen molar-refractivity contribution in [1.82, 2.24) is 5.48 Å². The third kappa shape index (κ3) is 2.64. The Hall–Kier alpha value is -3.24. The number of likely N-dealkylation sites (N-methyl/N-ethyl adjacent to an activating group) is 1. The number of anilines is 1. The van der Waals surface area contributed by atoms with Gasteiger partial charge < -0.3 is 9.64 Å². The highest BCUT2D eigenvalue weighted by Gasteiger charge is 2.58. The van der Waals surface area contributed by atoms with Crippen LogP contribution in [0.1, 0.15) is 25.0 Å². The molecular weight excluding hydrogens is 360 g/mol. The van der Waals surface area contributed by atoms with Gasteiger partial charge in [-0.05, 0) is 42.0 Å². The smallest absolute Gasteiger partial charge is 0.197 e. The molecule has 0 radical (unpaired) electrons. The van der Waals surface area contributed by atoms with Gasteiger partial charge in [-0.2, -0.15) is 0 Å². The predicted molar refractivity (Wildman–Crippen MR) is 116 cm³/mol. The fraction of sp³-hybridized carbons (Fsp3) is 0.200. The molecule has 0 saturated heterocycles. The molecule has 146 valence electrons. The van der Waals surface area contributed by atoms with E-state index < -0.39 is 5.72 Å². The molecule has 1 spiro atoms. The summed E-state index contributed by atoms with van der Waals surface area (Å²) in [5, 5.41) is 0. The molecule has 1 N–H and O–H groups in total. The minimum absolute atomic E-state index is 0.217. The summed E-state index contributed by atoms with van der Waals surface area (Å²) >= 11 is 0. The van der Waals surface area contributed by atoms with E-state index in [0.29, 0.717) is 0 Å². The maximum atomic E-state index is 6.28. The van der Waals surface area contributed by atoms with E-state index in [1.54, 1.807) is 0 Å². The number of hydrogen-bond acceptors (Lipinski definition) is 4. The molecule has 4 nitrogen and oxygen atoms in total. The Morgan fingerprint density at radius 1 is 0.862 bits per heavy atom. The Balaban J connectivity index is 1.50. The summed E-state index contributed by atoms with van der Waals surface area (Å²) in [6, 6.07) is 26.4. The van der Waals surface area contributed by atoms with E-state index in [1.165, 1.54) is 11.3 Å². The van der Waals surface area contributed by atoms with E-state index in [2.05, 4.69) is 67.7 Å². The zero-order valence-corrected chi connectivity index (χ0v) is 16.8. The van der Waals surface area contributed by atoms with Crippen molar-refractivity contribution >= 4 is 11.4 Å². The summed E-state index contributed by atoms with van der Waals surface area (Å²) in [5.74, 6) is 1.61. The van der Waals surface area contributed by atoms with Crippen LogP contribution in [0.3, 0.4) is 0 Å². The first kappa shape index (κ1) is 17.8. The number of fused-ring (bicyclic) bond motifs is 1. The number of nitrogens with one attached hydrogen (secondary N) is 1. The first-order valence-electron chi connectivity index (χ1n) is 9.85. The highest BCUT2D eigenvalue weighted by atomic mass is 16.7. The van der Waals surface area contributed by atoms with Crippen molar-refractivity contribution in [2.75, 3.05) is 11.9 Å². The molecule has 0 aliphatic carbocycles. The van der Waals surface area contributed by atoms with Crippen molar-refractivity contribution in [3.8, 4) is 11.5 Å². The molecule has 3 aromatic carbocycles. The number of benzene rings is 3. The van der Waals surface area contributed by atoms with Crippen LogP contribution in [0.4, 0.5) is 5.69 Å². The van der Waals surface area contributed by atoms with Crippen LogP contribution in [0.25, 0.3) is 5.70 Å². The Bertz CT molecular complexity index is 1090.